The molecule has 0 saturated carbocycles. The van der Waals surface area contributed by atoms with E-state index in [2.05, 4.69) is 59.1 Å². The number of nitriles is 1. The second kappa shape index (κ2) is 18.2. The topological polar surface area (TPSA) is 168 Å². The molecule has 14 nitrogen and oxygen atoms in total. The van der Waals surface area contributed by atoms with E-state index >= 15 is 0 Å². The molecule has 3 aromatic carbocycles. The van der Waals surface area contributed by atoms with Crippen molar-refractivity contribution in [1.82, 2.24) is 25.0 Å². The Morgan fingerprint density at radius 2 is 1.70 bits per heavy atom. The minimum absolute atomic E-state index is 0.00347. The molecule has 5 heterocycles. The molecule has 3 saturated heterocycles. The normalized spacial score (nSPS) is 20.0. The van der Waals surface area contributed by atoms with E-state index in [0.29, 0.717) is 74.4 Å². The van der Waals surface area contributed by atoms with Gasteiger partial charge in [0.2, 0.25) is 17.7 Å². The van der Waals surface area contributed by atoms with E-state index in [9.17, 15) is 29.2 Å². The lowest BCUT2D eigenvalue weighted by Crippen LogP contribution is -2.55. The summed E-state index contributed by atoms with van der Waals surface area (Å²) in [4.78, 5) is 77.3. The number of carbonyl (C=O) groups excluding carboxylic acids is 5. The number of nitrogens with one attached hydrogen (secondary N) is 2. The highest BCUT2D eigenvalue weighted by Gasteiger charge is 2.42. The fourth-order valence-corrected chi connectivity index (χ4v) is 11.3. The minimum atomic E-state index is -0.641. The summed E-state index contributed by atoms with van der Waals surface area (Å²) in [7, 11) is 0. The highest BCUT2D eigenvalue weighted by atomic mass is 32.2. The first-order valence-electron chi connectivity index (χ1n) is 22.6. The molecule has 2 N–H and O–H groups in total. The lowest BCUT2D eigenvalue weighted by molar-refractivity contribution is -0.139. The van der Waals surface area contributed by atoms with E-state index < -0.39 is 17.4 Å². The van der Waals surface area contributed by atoms with Gasteiger partial charge in [-0.25, -0.2) is 0 Å². The maximum atomic E-state index is 14.1. The maximum Gasteiger partial charge on any atom is 0.255 e. The Bertz CT molecular complexity index is 2570. The van der Waals surface area contributed by atoms with Crippen LogP contribution in [0.3, 0.4) is 0 Å². The van der Waals surface area contributed by atoms with Gasteiger partial charge in [-0.3, -0.25) is 34.2 Å². The Labute approximate surface area is 377 Å². The third-order valence-electron chi connectivity index (χ3n) is 13.9. The van der Waals surface area contributed by atoms with Crippen molar-refractivity contribution in [2.75, 3.05) is 76.3 Å². The summed E-state index contributed by atoms with van der Waals surface area (Å²) in [5.41, 5.74) is 8.27. The van der Waals surface area contributed by atoms with Crippen molar-refractivity contribution in [2.45, 2.75) is 81.8 Å². The molecule has 4 amide bonds. The number of benzene rings is 3. The lowest BCUT2D eigenvalue weighted by Gasteiger charge is -2.44. The van der Waals surface area contributed by atoms with Crippen LogP contribution in [0.2, 0.25) is 0 Å². The van der Waals surface area contributed by atoms with Crippen LogP contribution in [0.15, 0.2) is 53.4 Å². The largest absolute Gasteiger partial charge is 0.378 e. The van der Waals surface area contributed by atoms with Gasteiger partial charge in [-0.05, 0) is 78.8 Å². The van der Waals surface area contributed by atoms with Crippen LogP contribution < -0.4 is 10.2 Å². The fourth-order valence-electron chi connectivity index (χ4n) is 10.3. The molecule has 4 aromatic rings. The zero-order valence-corrected chi connectivity index (χ0v) is 37.6. The van der Waals surface area contributed by atoms with Crippen LogP contribution in [0.25, 0.3) is 10.9 Å². The SMILES string of the molecule is CCc1cc2c(cc1N1CCC(N3CCN(C(=O)COCCOCCSc4cccc5c4CN(C4CCC(=O)NC4=O)C5=O)CC3)CC1)C(C)(C)c1[nH]c3cc(C#N)ccc3c1C2=O. The summed E-state index contributed by atoms with van der Waals surface area (Å²) < 4.78 is 11.5. The summed E-state index contributed by atoms with van der Waals surface area (Å²) in [5.74, 6) is -0.201. The molecule has 0 spiro atoms. The van der Waals surface area contributed by atoms with Crippen LogP contribution >= 0.6 is 11.8 Å². The number of carbonyl (C=O) groups is 5. The van der Waals surface area contributed by atoms with Gasteiger partial charge in [0, 0.05) is 108 Å². The Morgan fingerprint density at radius 1 is 0.922 bits per heavy atom. The summed E-state index contributed by atoms with van der Waals surface area (Å²) in [6, 6.07) is 17.5. The Hall–Kier alpha value is -5.53. The van der Waals surface area contributed by atoms with Crippen LogP contribution in [0.5, 0.6) is 0 Å². The van der Waals surface area contributed by atoms with Crippen molar-refractivity contribution in [3.63, 3.8) is 0 Å². The quantitative estimate of drug-likeness (QED) is 0.103. The van der Waals surface area contributed by atoms with Crippen molar-refractivity contribution in [1.29, 1.82) is 5.26 Å². The number of anilines is 1. The monoisotopic (exact) mass is 885 g/mol. The van der Waals surface area contributed by atoms with Crippen LogP contribution in [0, 0.1) is 11.3 Å². The number of aryl methyl sites for hydroxylation is 1. The van der Waals surface area contributed by atoms with Crippen molar-refractivity contribution < 1.29 is 33.4 Å². The van der Waals surface area contributed by atoms with Crippen molar-refractivity contribution in [3.05, 3.63) is 93.2 Å². The van der Waals surface area contributed by atoms with Gasteiger partial charge < -0.3 is 29.2 Å². The fraction of sp³-hybridized carbons (Fsp3) is 0.469. The number of thioether (sulfide) groups is 1. The Kier molecular flexibility index (Phi) is 12.4. The molecule has 1 aromatic heterocycles. The number of piperidine rings is 2. The first-order valence-corrected chi connectivity index (χ1v) is 23.5. The molecule has 0 radical (unpaired) electrons. The molecular weight excluding hydrogens is 831 g/mol. The molecule has 3 fully saturated rings. The average molecular weight is 886 g/mol. The van der Waals surface area contributed by atoms with E-state index in [0.717, 1.165) is 83.6 Å². The van der Waals surface area contributed by atoms with Gasteiger partial charge in [0.05, 0.1) is 37.0 Å². The average Bonchev–Trinajstić information content (AvgIpc) is 3.87. The zero-order chi connectivity index (χ0) is 44.7. The number of hydrogen-bond donors (Lipinski definition) is 2. The zero-order valence-electron chi connectivity index (χ0n) is 36.8. The third-order valence-corrected chi connectivity index (χ3v) is 15.0. The lowest BCUT2D eigenvalue weighted by atomic mass is 9.70. The molecule has 0 bridgehead atoms. The smallest absolute Gasteiger partial charge is 0.255 e. The Morgan fingerprint density at radius 3 is 2.45 bits per heavy atom. The highest BCUT2D eigenvalue weighted by Crippen LogP contribution is 2.46. The van der Waals surface area contributed by atoms with Crippen LogP contribution in [0.4, 0.5) is 5.69 Å². The number of aromatic nitrogens is 1. The van der Waals surface area contributed by atoms with Gasteiger partial charge in [0.25, 0.3) is 5.91 Å². The van der Waals surface area contributed by atoms with Gasteiger partial charge in [-0.1, -0.05) is 32.9 Å². The van der Waals surface area contributed by atoms with E-state index in [1.54, 1.807) is 28.8 Å². The highest BCUT2D eigenvalue weighted by molar-refractivity contribution is 7.99. The molecule has 1 aliphatic carbocycles. The first-order chi connectivity index (χ1) is 31.0. The number of aromatic amines is 1. The molecule has 15 heteroatoms. The summed E-state index contributed by atoms with van der Waals surface area (Å²) in [5, 5.41) is 12.7. The van der Waals surface area contributed by atoms with Crippen LogP contribution in [0.1, 0.15) is 101 Å². The van der Waals surface area contributed by atoms with E-state index in [1.165, 1.54) is 11.3 Å². The number of hydrogen-bond acceptors (Lipinski definition) is 11. The number of amides is 4. The number of imide groups is 1. The standard InChI is InChI=1S/C49H55N7O7S/c1-4-31-25-35-37(49(2,3)46-44(45(35)59)34-9-8-30(27-50)24-38(34)51-46)26-40(31)54-14-12-32(13-15-54)53-16-18-55(19-17-53)43(58)29-63-21-20-62-22-23-64-41-7-5-6-33-36(41)28-56(48(33)61)39-10-11-42(57)52-47(39)60/h5-9,24-26,32,39,51H,4,10-23,28-29H2,1-3H3,(H,52,57,60). The number of ketones is 1. The van der Waals surface area contributed by atoms with Crippen molar-refractivity contribution in [3.8, 4) is 6.07 Å². The molecule has 9 rings (SSSR count). The number of fused-ring (bicyclic) bond motifs is 5. The number of rotatable bonds is 13. The third kappa shape index (κ3) is 8.21. The second-order valence-corrected chi connectivity index (χ2v) is 19.0. The maximum absolute atomic E-state index is 14.1. The van der Waals surface area contributed by atoms with E-state index in [1.807, 2.05) is 29.2 Å². The summed E-state index contributed by atoms with van der Waals surface area (Å²) in [6.07, 6.45) is 3.44. The van der Waals surface area contributed by atoms with Crippen molar-refractivity contribution >= 4 is 57.8 Å². The summed E-state index contributed by atoms with van der Waals surface area (Å²) >= 11 is 1.60. The Balaban J connectivity index is 0.695. The van der Waals surface area contributed by atoms with Gasteiger partial charge in [0.15, 0.2) is 5.78 Å². The first kappa shape index (κ1) is 43.7. The predicted octanol–water partition coefficient (Wildman–Crippen LogP) is 5.17. The molecule has 5 aliphatic rings. The number of H-pyrrole nitrogens is 1. The molecular formula is C49H55N7O7S. The van der Waals surface area contributed by atoms with Gasteiger partial charge in [0.1, 0.15) is 12.6 Å². The van der Waals surface area contributed by atoms with Crippen molar-refractivity contribution in [2.24, 2.45) is 0 Å². The molecule has 1 unspecified atom stereocenters. The molecule has 4 aliphatic heterocycles. The summed E-state index contributed by atoms with van der Waals surface area (Å²) in [6.45, 7) is 12.9. The van der Waals surface area contributed by atoms with Gasteiger partial charge in [-0.2, -0.15) is 5.26 Å². The molecule has 334 valence electrons. The van der Waals surface area contributed by atoms with E-state index in [-0.39, 0.29) is 36.5 Å². The number of nitrogens with zero attached hydrogens (tertiary/aromatic N) is 5. The molecule has 1 atom stereocenters. The van der Waals surface area contributed by atoms with Crippen LogP contribution in [-0.4, -0.2) is 133 Å². The van der Waals surface area contributed by atoms with Gasteiger partial charge >= 0.3 is 0 Å². The number of piperazine rings is 1. The minimum Gasteiger partial charge on any atom is -0.378 e. The van der Waals surface area contributed by atoms with Gasteiger partial charge in [-0.15, -0.1) is 11.8 Å². The molecule has 64 heavy (non-hydrogen) atoms. The van der Waals surface area contributed by atoms with Crippen LogP contribution in [-0.2, 0) is 42.2 Å². The predicted molar refractivity (Wildman–Crippen MR) is 243 cm³/mol. The number of ether oxygens (including phenoxy) is 2. The second-order valence-electron chi connectivity index (χ2n) is 17.9. The van der Waals surface area contributed by atoms with E-state index in [4.69, 9.17) is 9.47 Å².